The maximum atomic E-state index is 12.7. The first-order valence-electron chi connectivity index (χ1n) is 9.60. The van der Waals surface area contributed by atoms with Crippen molar-refractivity contribution in [2.24, 2.45) is 0 Å². The Morgan fingerprint density at radius 1 is 1.33 bits per heavy atom. The van der Waals surface area contributed by atoms with Crippen LogP contribution in [0.2, 0.25) is 5.02 Å². The van der Waals surface area contributed by atoms with Crippen LogP contribution in [0.15, 0.2) is 24.4 Å². The number of hydrogen-bond acceptors (Lipinski definition) is 7. The highest BCUT2D eigenvalue weighted by atomic mass is 35.5. The van der Waals surface area contributed by atoms with Gasteiger partial charge in [-0.15, -0.1) is 0 Å². The first kappa shape index (κ1) is 20.2. The van der Waals surface area contributed by atoms with Crippen LogP contribution in [0.3, 0.4) is 0 Å². The predicted molar refractivity (Wildman–Crippen MR) is 113 cm³/mol. The molecule has 1 fully saturated rings. The van der Waals surface area contributed by atoms with Gasteiger partial charge in [0, 0.05) is 24.8 Å². The molecule has 1 aliphatic rings. The third kappa shape index (κ3) is 3.99. The topological polar surface area (TPSA) is 102 Å². The van der Waals surface area contributed by atoms with Gasteiger partial charge in [-0.3, -0.25) is 4.79 Å². The Morgan fingerprint density at radius 2 is 2.13 bits per heavy atom. The van der Waals surface area contributed by atoms with E-state index in [0.29, 0.717) is 77.8 Å². The van der Waals surface area contributed by atoms with Gasteiger partial charge in [-0.1, -0.05) is 11.6 Å². The Hall–Kier alpha value is -3.04. The number of rotatable bonds is 6. The van der Waals surface area contributed by atoms with Gasteiger partial charge in [0.15, 0.2) is 0 Å². The van der Waals surface area contributed by atoms with E-state index in [0.717, 1.165) is 0 Å². The molecule has 3 aromatic rings. The van der Waals surface area contributed by atoms with E-state index in [4.69, 9.17) is 25.8 Å². The molecule has 0 unspecified atom stereocenters. The van der Waals surface area contributed by atoms with Crippen molar-refractivity contribution in [3.63, 3.8) is 0 Å². The molecule has 4 rings (SSSR count). The van der Waals surface area contributed by atoms with Crippen LogP contribution in [0.4, 0.5) is 11.6 Å². The number of aromatic amines is 1. The van der Waals surface area contributed by atoms with Crippen LogP contribution in [0.1, 0.15) is 17.3 Å². The normalized spacial score (nSPS) is 14.0. The number of ether oxygens (including phenoxy) is 3. The second-order valence-corrected chi connectivity index (χ2v) is 7.00. The number of benzene rings is 1. The van der Waals surface area contributed by atoms with Gasteiger partial charge in [0.05, 0.1) is 43.0 Å². The number of nitrogens with one attached hydrogen (secondary N) is 2. The summed E-state index contributed by atoms with van der Waals surface area (Å²) in [5, 5.41) is 4.25. The van der Waals surface area contributed by atoms with E-state index >= 15 is 0 Å². The van der Waals surface area contributed by atoms with Gasteiger partial charge >= 0.3 is 0 Å². The lowest BCUT2D eigenvalue weighted by atomic mass is 10.1. The minimum Gasteiger partial charge on any atom is -0.495 e. The Kier molecular flexibility index (Phi) is 5.91. The third-order valence-corrected chi connectivity index (χ3v) is 5.02. The lowest BCUT2D eigenvalue weighted by molar-refractivity contribution is 0.0302. The van der Waals surface area contributed by atoms with Crippen molar-refractivity contribution in [1.82, 2.24) is 19.9 Å². The van der Waals surface area contributed by atoms with Crippen molar-refractivity contribution in [2.45, 2.75) is 6.92 Å². The average molecular weight is 432 g/mol. The number of amides is 1. The predicted octanol–water partition coefficient (Wildman–Crippen LogP) is 3.23. The fraction of sp³-hybridized carbons (Fsp3) is 0.350. The minimum atomic E-state index is -0.0551. The van der Waals surface area contributed by atoms with Gasteiger partial charge in [0.25, 0.3) is 5.91 Å². The SMILES string of the molecule is CCOc1nc(Nc2ccc(C(=O)N3CCOCC3)cc2OC)nc2[nH]cc(Cl)c12. The van der Waals surface area contributed by atoms with Crippen LogP contribution in [0, 0.1) is 0 Å². The zero-order valence-corrected chi connectivity index (χ0v) is 17.5. The monoisotopic (exact) mass is 431 g/mol. The smallest absolute Gasteiger partial charge is 0.254 e. The van der Waals surface area contributed by atoms with Crippen molar-refractivity contribution in [3.05, 3.63) is 35.0 Å². The molecular weight excluding hydrogens is 410 g/mol. The lowest BCUT2D eigenvalue weighted by Gasteiger charge is -2.27. The molecule has 1 aliphatic heterocycles. The molecular formula is C20H22ClN5O4. The van der Waals surface area contributed by atoms with Crippen LogP contribution < -0.4 is 14.8 Å². The third-order valence-electron chi connectivity index (χ3n) is 4.72. The van der Waals surface area contributed by atoms with E-state index in [1.807, 2.05) is 6.92 Å². The molecule has 1 aromatic carbocycles. The summed E-state index contributed by atoms with van der Waals surface area (Å²) in [6.07, 6.45) is 1.64. The van der Waals surface area contributed by atoms with E-state index < -0.39 is 0 Å². The fourth-order valence-electron chi connectivity index (χ4n) is 3.26. The van der Waals surface area contributed by atoms with Crippen molar-refractivity contribution < 1.29 is 19.0 Å². The first-order chi connectivity index (χ1) is 14.6. The maximum absolute atomic E-state index is 12.7. The number of methoxy groups -OCH3 is 1. The Bertz CT molecular complexity index is 1060. The molecule has 0 saturated carbocycles. The molecule has 9 nitrogen and oxygen atoms in total. The summed E-state index contributed by atoms with van der Waals surface area (Å²) in [5.74, 6) is 1.14. The second-order valence-electron chi connectivity index (χ2n) is 6.59. The van der Waals surface area contributed by atoms with E-state index in [-0.39, 0.29) is 5.91 Å². The molecule has 2 aromatic heterocycles. The molecule has 158 valence electrons. The highest BCUT2D eigenvalue weighted by Gasteiger charge is 2.20. The van der Waals surface area contributed by atoms with Crippen molar-refractivity contribution in [2.75, 3.05) is 45.3 Å². The summed E-state index contributed by atoms with van der Waals surface area (Å²) in [5.41, 5.74) is 1.72. The largest absolute Gasteiger partial charge is 0.495 e. The molecule has 30 heavy (non-hydrogen) atoms. The molecule has 3 heterocycles. The van der Waals surface area contributed by atoms with Gasteiger partial charge in [-0.2, -0.15) is 9.97 Å². The molecule has 0 atom stereocenters. The number of carbonyl (C=O) groups is 1. The molecule has 0 aliphatic carbocycles. The van der Waals surface area contributed by atoms with Crippen LogP contribution >= 0.6 is 11.6 Å². The van der Waals surface area contributed by atoms with E-state index in [1.54, 1.807) is 36.4 Å². The summed E-state index contributed by atoms with van der Waals surface area (Å²) < 4.78 is 16.4. The van der Waals surface area contributed by atoms with Crippen LogP contribution in [0.25, 0.3) is 11.0 Å². The van der Waals surface area contributed by atoms with E-state index in [1.165, 1.54) is 0 Å². The quantitative estimate of drug-likeness (QED) is 0.617. The van der Waals surface area contributed by atoms with Crippen LogP contribution in [-0.4, -0.2) is 65.8 Å². The lowest BCUT2D eigenvalue weighted by Crippen LogP contribution is -2.40. The zero-order valence-electron chi connectivity index (χ0n) is 16.7. The first-order valence-corrected chi connectivity index (χ1v) is 9.98. The standard InChI is InChI=1S/C20H22ClN5O4/c1-3-30-18-16-13(21)11-22-17(16)24-20(25-18)23-14-5-4-12(10-15(14)28-2)19(27)26-6-8-29-9-7-26/h4-5,10-11H,3,6-9H2,1-2H3,(H2,22,23,24,25). The summed E-state index contributed by atoms with van der Waals surface area (Å²) >= 11 is 6.21. The number of halogens is 1. The Labute approximate surface area is 178 Å². The number of H-pyrrole nitrogens is 1. The van der Waals surface area contributed by atoms with Gasteiger partial charge in [-0.25, -0.2) is 0 Å². The molecule has 1 saturated heterocycles. The Balaban J connectivity index is 1.62. The van der Waals surface area contributed by atoms with Crippen LogP contribution in [0.5, 0.6) is 11.6 Å². The average Bonchev–Trinajstić information content (AvgIpc) is 3.15. The van der Waals surface area contributed by atoms with E-state index in [2.05, 4.69) is 20.3 Å². The Morgan fingerprint density at radius 3 is 2.87 bits per heavy atom. The van der Waals surface area contributed by atoms with Gasteiger partial charge in [-0.05, 0) is 25.1 Å². The van der Waals surface area contributed by atoms with Crippen molar-refractivity contribution in [3.8, 4) is 11.6 Å². The number of carbonyl (C=O) groups excluding carboxylic acids is 1. The fourth-order valence-corrected chi connectivity index (χ4v) is 3.48. The number of hydrogen-bond donors (Lipinski definition) is 2. The van der Waals surface area contributed by atoms with E-state index in [9.17, 15) is 4.79 Å². The van der Waals surface area contributed by atoms with Gasteiger partial charge in [0.2, 0.25) is 11.8 Å². The summed E-state index contributed by atoms with van der Waals surface area (Å²) in [6.45, 7) is 4.56. The number of aromatic nitrogens is 3. The highest BCUT2D eigenvalue weighted by Crippen LogP contribution is 2.33. The second kappa shape index (κ2) is 8.76. The number of fused-ring (bicyclic) bond motifs is 1. The van der Waals surface area contributed by atoms with Crippen molar-refractivity contribution in [1.29, 1.82) is 0 Å². The molecule has 0 bridgehead atoms. The summed E-state index contributed by atoms with van der Waals surface area (Å²) in [7, 11) is 1.55. The number of nitrogens with zero attached hydrogens (tertiary/aromatic N) is 3. The molecule has 0 radical (unpaired) electrons. The number of morpholine rings is 1. The zero-order chi connectivity index (χ0) is 21.1. The van der Waals surface area contributed by atoms with Crippen molar-refractivity contribution >= 4 is 40.2 Å². The van der Waals surface area contributed by atoms with Gasteiger partial charge < -0.3 is 29.4 Å². The number of anilines is 2. The van der Waals surface area contributed by atoms with Gasteiger partial charge in [0.1, 0.15) is 11.4 Å². The maximum Gasteiger partial charge on any atom is 0.254 e. The molecule has 10 heteroatoms. The molecule has 0 spiro atoms. The summed E-state index contributed by atoms with van der Waals surface area (Å²) in [6, 6.07) is 5.21. The minimum absolute atomic E-state index is 0.0551. The highest BCUT2D eigenvalue weighted by molar-refractivity contribution is 6.35. The molecule has 2 N–H and O–H groups in total. The summed E-state index contributed by atoms with van der Waals surface area (Å²) in [4.78, 5) is 26.4. The van der Waals surface area contributed by atoms with Crippen LogP contribution in [-0.2, 0) is 4.74 Å². The molecule has 1 amide bonds.